The van der Waals surface area contributed by atoms with Crippen LogP contribution in [0, 0.1) is 12.7 Å². The Labute approximate surface area is 104 Å². The summed E-state index contributed by atoms with van der Waals surface area (Å²) in [6, 6.07) is 11.6. The molecule has 0 spiro atoms. The quantitative estimate of drug-likeness (QED) is 0.798. The summed E-state index contributed by atoms with van der Waals surface area (Å²) in [4.78, 5) is 11.9. The third kappa shape index (κ3) is 2.48. The van der Waals surface area contributed by atoms with Crippen molar-refractivity contribution in [3.05, 3.63) is 59.4 Å². The summed E-state index contributed by atoms with van der Waals surface area (Å²) in [5.41, 5.74) is 7.12. The standard InChI is InChI=1S/C14H13FN2O/c1-9-12(15)7-10(8-13(9)16)14(18)17-11-5-3-2-4-6-11/h2-8H,16H2,1H3,(H,17,18). The van der Waals surface area contributed by atoms with Crippen LogP contribution in [-0.4, -0.2) is 5.91 Å². The van der Waals surface area contributed by atoms with Gasteiger partial charge in [0.2, 0.25) is 0 Å². The van der Waals surface area contributed by atoms with Gasteiger partial charge in [0.05, 0.1) is 0 Å². The minimum absolute atomic E-state index is 0.208. The Hall–Kier alpha value is -2.36. The van der Waals surface area contributed by atoms with Crippen LogP contribution in [0.3, 0.4) is 0 Å². The molecule has 0 heterocycles. The van der Waals surface area contributed by atoms with Gasteiger partial charge in [0.15, 0.2) is 0 Å². The zero-order chi connectivity index (χ0) is 13.1. The molecule has 2 aromatic rings. The molecule has 0 aliphatic heterocycles. The molecule has 18 heavy (non-hydrogen) atoms. The largest absolute Gasteiger partial charge is 0.398 e. The number of rotatable bonds is 2. The second-order valence-corrected chi connectivity index (χ2v) is 3.99. The summed E-state index contributed by atoms with van der Waals surface area (Å²) in [5, 5.41) is 2.67. The highest BCUT2D eigenvalue weighted by atomic mass is 19.1. The van der Waals surface area contributed by atoms with Crippen LogP contribution >= 0.6 is 0 Å². The number of amides is 1. The van der Waals surface area contributed by atoms with Gasteiger partial charge in [0.1, 0.15) is 5.82 Å². The van der Waals surface area contributed by atoms with Crippen LogP contribution in [0.25, 0.3) is 0 Å². The number of hydrogen-bond donors (Lipinski definition) is 2. The summed E-state index contributed by atoms with van der Waals surface area (Å²) in [7, 11) is 0. The SMILES string of the molecule is Cc1c(N)cc(C(=O)Nc2ccccc2)cc1F. The van der Waals surface area contributed by atoms with Gasteiger partial charge in [-0.25, -0.2) is 4.39 Å². The minimum Gasteiger partial charge on any atom is -0.398 e. The molecule has 0 radical (unpaired) electrons. The van der Waals surface area contributed by atoms with Crippen molar-refractivity contribution >= 4 is 17.3 Å². The van der Waals surface area contributed by atoms with Crippen molar-refractivity contribution in [2.24, 2.45) is 0 Å². The smallest absolute Gasteiger partial charge is 0.255 e. The van der Waals surface area contributed by atoms with Gasteiger partial charge in [0.25, 0.3) is 5.91 Å². The van der Waals surface area contributed by atoms with Gasteiger partial charge in [-0.3, -0.25) is 4.79 Å². The number of nitrogen functional groups attached to an aromatic ring is 1. The molecule has 3 N–H and O–H groups in total. The fourth-order valence-electron chi connectivity index (χ4n) is 1.56. The number of carbonyl (C=O) groups is 1. The number of carbonyl (C=O) groups excluding carboxylic acids is 1. The summed E-state index contributed by atoms with van der Waals surface area (Å²) < 4.78 is 13.5. The van der Waals surface area contributed by atoms with Gasteiger partial charge in [0, 0.05) is 22.5 Å². The number of benzene rings is 2. The van der Waals surface area contributed by atoms with Crippen molar-refractivity contribution in [3.8, 4) is 0 Å². The van der Waals surface area contributed by atoms with Gasteiger partial charge >= 0.3 is 0 Å². The second kappa shape index (κ2) is 4.87. The molecule has 4 heteroatoms. The maximum Gasteiger partial charge on any atom is 0.255 e. The average molecular weight is 244 g/mol. The zero-order valence-corrected chi connectivity index (χ0v) is 9.91. The molecule has 0 aliphatic carbocycles. The highest BCUT2D eigenvalue weighted by Gasteiger charge is 2.11. The van der Waals surface area contributed by atoms with E-state index in [-0.39, 0.29) is 17.2 Å². The number of nitrogens with one attached hydrogen (secondary N) is 1. The first kappa shape index (κ1) is 12.1. The van der Waals surface area contributed by atoms with Gasteiger partial charge in [-0.05, 0) is 31.2 Å². The Balaban J connectivity index is 2.25. The lowest BCUT2D eigenvalue weighted by Crippen LogP contribution is -2.13. The van der Waals surface area contributed by atoms with E-state index in [2.05, 4.69) is 5.32 Å². The maximum absolute atomic E-state index is 13.5. The minimum atomic E-state index is -0.479. The van der Waals surface area contributed by atoms with E-state index in [1.807, 2.05) is 6.07 Å². The van der Waals surface area contributed by atoms with Crippen LogP contribution < -0.4 is 11.1 Å². The average Bonchev–Trinajstić information content (AvgIpc) is 2.36. The Kier molecular flexibility index (Phi) is 3.28. The van der Waals surface area contributed by atoms with E-state index in [1.165, 1.54) is 12.1 Å². The Morgan fingerprint density at radius 2 is 1.89 bits per heavy atom. The molecule has 0 saturated carbocycles. The van der Waals surface area contributed by atoms with Crippen molar-refractivity contribution in [1.29, 1.82) is 0 Å². The molecule has 0 bridgehead atoms. The molecule has 0 unspecified atom stereocenters. The van der Waals surface area contributed by atoms with Crippen molar-refractivity contribution in [1.82, 2.24) is 0 Å². The number of nitrogens with two attached hydrogens (primary N) is 1. The molecule has 0 aromatic heterocycles. The van der Waals surface area contributed by atoms with E-state index < -0.39 is 5.82 Å². The first-order valence-corrected chi connectivity index (χ1v) is 5.50. The maximum atomic E-state index is 13.5. The van der Waals surface area contributed by atoms with Gasteiger partial charge in [-0.15, -0.1) is 0 Å². The molecule has 0 saturated heterocycles. The van der Waals surface area contributed by atoms with Crippen molar-refractivity contribution in [3.63, 3.8) is 0 Å². The molecule has 0 aliphatic rings. The molecule has 0 atom stereocenters. The predicted octanol–water partition coefficient (Wildman–Crippen LogP) is 2.97. The van der Waals surface area contributed by atoms with Crippen LogP contribution in [0.1, 0.15) is 15.9 Å². The molecular weight excluding hydrogens is 231 g/mol. The van der Waals surface area contributed by atoms with Crippen molar-refractivity contribution in [2.45, 2.75) is 6.92 Å². The number of halogens is 1. The molecule has 2 aromatic carbocycles. The van der Waals surface area contributed by atoms with Crippen molar-refractivity contribution < 1.29 is 9.18 Å². The predicted molar refractivity (Wildman–Crippen MR) is 69.9 cm³/mol. The van der Waals surface area contributed by atoms with Crippen molar-refractivity contribution in [2.75, 3.05) is 11.1 Å². The fraction of sp³-hybridized carbons (Fsp3) is 0.0714. The Morgan fingerprint density at radius 3 is 2.50 bits per heavy atom. The van der Waals surface area contributed by atoms with Crippen LogP contribution in [0.2, 0.25) is 0 Å². The van der Waals surface area contributed by atoms with Crippen LogP contribution in [0.15, 0.2) is 42.5 Å². The third-order valence-electron chi connectivity index (χ3n) is 2.68. The van der Waals surface area contributed by atoms with E-state index in [0.29, 0.717) is 11.3 Å². The van der Waals surface area contributed by atoms with E-state index in [4.69, 9.17) is 5.73 Å². The second-order valence-electron chi connectivity index (χ2n) is 3.99. The lowest BCUT2D eigenvalue weighted by Gasteiger charge is -2.08. The zero-order valence-electron chi connectivity index (χ0n) is 9.91. The summed E-state index contributed by atoms with van der Waals surface area (Å²) in [5.74, 6) is -0.861. The van der Waals surface area contributed by atoms with Gasteiger partial charge < -0.3 is 11.1 Å². The highest BCUT2D eigenvalue weighted by molar-refractivity contribution is 6.04. The first-order chi connectivity index (χ1) is 8.58. The first-order valence-electron chi connectivity index (χ1n) is 5.50. The normalized spacial score (nSPS) is 10.1. The molecule has 3 nitrogen and oxygen atoms in total. The summed E-state index contributed by atoms with van der Waals surface area (Å²) >= 11 is 0. The van der Waals surface area contributed by atoms with E-state index in [0.717, 1.165) is 0 Å². The number of para-hydroxylation sites is 1. The lowest BCUT2D eigenvalue weighted by molar-refractivity contribution is 0.102. The third-order valence-corrected chi connectivity index (χ3v) is 2.68. The fourth-order valence-corrected chi connectivity index (χ4v) is 1.56. The molecule has 92 valence electrons. The molecule has 0 fully saturated rings. The van der Waals surface area contributed by atoms with Crippen LogP contribution in [0.5, 0.6) is 0 Å². The highest BCUT2D eigenvalue weighted by Crippen LogP contribution is 2.18. The molecule has 2 rings (SSSR count). The Bertz CT molecular complexity index is 559. The summed E-state index contributed by atoms with van der Waals surface area (Å²) in [6.45, 7) is 1.57. The molecule has 1 amide bonds. The lowest BCUT2D eigenvalue weighted by atomic mass is 10.1. The van der Waals surface area contributed by atoms with E-state index >= 15 is 0 Å². The van der Waals surface area contributed by atoms with E-state index in [1.54, 1.807) is 31.2 Å². The monoisotopic (exact) mass is 244 g/mol. The van der Waals surface area contributed by atoms with Crippen LogP contribution in [-0.2, 0) is 0 Å². The summed E-state index contributed by atoms with van der Waals surface area (Å²) in [6.07, 6.45) is 0. The Morgan fingerprint density at radius 1 is 1.22 bits per heavy atom. The van der Waals surface area contributed by atoms with Gasteiger partial charge in [-0.2, -0.15) is 0 Å². The van der Waals surface area contributed by atoms with E-state index in [9.17, 15) is 9.18 Å². The number of hydrogen-bond acceptors (Lipinski definition) is 2. The van der Waals surface area contributed by atoms with Gasteiger partial charge in [-0.1, -0.05) is 18.2 Å². The number of anilines is 2. The topological polar surface area (TPSA) is 55.1 Å². The molecular formula is C14H13FN2O. The van der Waals surface area contributed by atoms with Crippen LogP contribution in [0.4, 0.5) is 15.8 Å².